The lowest BCUT2D eigenvalue weighted by Gasteiger charge is -2.03. The Balaban J connectivity index is 1.99. The second kappa shape index (κ2) is 7.53. The molecule has 0 amide bonds. The molecule has 2 aromatic rings. The van der Waals surface area contributed by atoms with E-state index < -0.39 is 5.97 Å². The van der Waals surface area contributed by atoms with Crippen molar-refractivity contribution < 1.29 is 9.90 Å². The predicted octanol–water partition coefficient (Wildman–Crippen LogP) is 3.96. The van der Waals surface area contributed by atoms with E-state index in [2.05, 4.69) is 16.9 Å². The van der Waals surface area contributed by atoms with E-state index in [-0.39, 0.29) is 5.56 Å². The summed E-state index contributed by atoms with van der Waals surface area (Å²) < 4.78 is 0. The SMILES string of the molecule is CCCCCCc1cnc(-c2ccc(C(=O)O)cc2)cn1. The number of hydrogen-bond acceptors (Lipinski definition) is 3. The highest BCUT2D eigenvalue weighted by molar-refractivity contribution is 5.88. The van der Waals surface area contributed by atoms with Crippen LogP contribution >= 0.6 is 0 Å². The number of benzene rings is 1. The molecule has 0 fully saturated rings. The van der Waals surface area contributed by atoms with Gasteiger partial charge in [0.1, 0.15) is 0 Å². The smallest absolute Gasteiger partial charge is 0.335 e. The van der Waals surface area contributed by atoms with E-state index >= 15 is 0 Å². The Labute approximate surface area is 124 Å². The summed E-state index contributed by atoms with van der Waals surface area (Å²) in [5, 5.41) is 8.88. The third kappa shape index (κ3) is 4.38. The molecule has 1 heterocycles. The van der Waals surface area contributed by atoms with Crippen molar-refractivity contribution >= 4 is 5.97 Å². The molecule has 0 atom stereocenters. The van der Waals surface area contributed by atoms with E-state index in [1.165, 1.54) is 19.3 Å². The maximum absolute atomic E-state index is 10.8. The number of rotatable bonds is 7. The van der Waals surface area contributed by atoms with Crippen molar-refractivity contribution in [2.45, 2.75) is 39.0 Å². The van der Waals surface area contributed by atoms with Crippen LogP contribution in [-0.4, -0.2) is 21.0 Å². The van der Waals surface area contributed by atoms with Crippen LogP contribution in [0, 0.1) is 0 Å². The average Bonchev–Trinajstić information content (AvgIpc) is 2.52. The van der Waals surface area contributed by atoms with Gasteiger partial charge in [-0.3, -0.25) is 9.97 Å². The standard InChI is InChI=1S/C17H20N2O2/c1-2-3-4-5-6-15-11-19-16(12-18-15)13-7-9-14(10-8-13)17(20)21/h7-12H,2-6H2,1H3,(H,20,21). The lowest BCUT2D eigenvalue weighted by Crippen LogP contribution is -1.96. The van der Waals surface area contributed by atoms with E-state index in [9.17, 15) is 4.79 Å². The Morgan fingerprint density at radius 2 is 1.81 bits per heavy atom. The zero-order chi connectivity index (χ0) is 15.1. The molecule has 1 N–H and O–H groups in total. The van der Waals surface area contributed by atoms with Gasteiger partial charge in [0.25, 0.3) is 0 Å². The third-order valence-electron chi connectivity index (χ3n) is 3.42. The van der Waals surface area contributed by atoms with Gasteiger partial charge in [0.2, 0.25) is 0 Å². The first-order valence-electron chi connectivity index (χ1n) is 7.35. The van der Waals surface area contributed by atoms with Crippen molar-refractivity contribution in [3.05, 3.63) is 47.9 Å². The maximum atomic E-state index is 10.8. The second-order valence-electron chi connectivity index (χ2n) is 5.09. The van der Waals surface area contributed by atoms with Gasteiger partial charge in [-0.05, 0) is 25.0 Å². The molecule has 0 bridgehead atoms. The highest BCUT2D eigenvalue weighted by atomic mass is 16.4. The Morgan fingerprint density at radius 3 is 2.38 bits per heavy atom. The highest BCUT2D eigenvalue weighted by Crippen LogP contribution is 2.17. The summed E-state index contributed by atoms with van der Waals surface area (Å²) in [5.41, 5.74) is 2.94. The summed E-state index contributed by atoms with van der Waals surface area (Å²) in [6.07, 6.45) is 9.41. The number of unbranched alkanes of at least 4 members (excludes halogenated alkanes) is 3. The van der Waals surface area contributed by atoms with Gasteiger partial charge in [-0.1, -0.05) is 38.3 Å². The molecule has 1 aromatic carbocycles. The molecule has 0 aliphatic rings. The number of carboxylic acid groups (broad SMARTS) is 1. The molecule has 0 saturated heterocycles. The number of hydrogen-bond donors (Lipinski definition) is 1. The zero-order valence-corrected chi connectivity index (χ0v) is 12.2. The monoisotopic (exact) mass is 284 g/mol. The first kappa shape index (κ1) is 15.2. The molecule has 0 unspecified atom stereocenters. The molecule has 0 saturated carbocycles. The zero-order valence-electron chi connectivity index (χ0n) is 12.2. The van der Waals surface area contributed by atoms with Crippen molar-refractivity contribution in [3.8, 4) is 11.3 Å². The van der Waals surface area contributed by atoms with E-state index in [0.29, 0.717) is 0 Å². The molecule has 0 aliphatic heterocycles. The molecule has 1 aromatic heterocycles. The Kier molecular flexibility index (Phi) is 5.43. The van der Waals surface area contributed by atoms with E-state index in [4.69, 9.17) is 5.11 Å². The minimum atomic E-state index is -0.921. The summed E-state index contributed by atoms with van der Waals surface area (Å²) in [7, 11) is 0. The van der Waals surface area contributed by atoms with Gasteiger partial charge < -0.3 is 5.11 Å². The predicted molar refractivity (Wildman–Crippen MR) is 82.3 cm³/mol. The molecule has 0 aliphatic carbocycles. The topological polar surface area (TPSA) is 63.1 Å². The van der Waals surface area contributed by atoms with Gasteiger partial charge >= 0.3 is 5.97 Å². The van der Waals surface area contributed by atoms with Crippen LogP contribution in [0.15, 0.2) is 36.7 Å². The van der Waals surface area contributed by atoms with Crippen molar-refractivity contribution in [1.82, 2.24) is 9.97 Å². The van der Waals surface area contributed by atoms with Crippen molar-refractivity contribution in [2.75, 3.05) is 0 Å². The van der Waals surface area contributed by atoms with E-state index in [0.717, 1.165) is 29.8 Å². The van der Waals surface area contributed by atoms with Crippen LogP contribution in [-0.2, 0) is 6.42 Å². The number of nitrogens with zero attached hydrogens (tertiary/aromatic N) is 2. The Hall–Kier alpha value is -2.23. The quantitative estimate of drug-likeness (QED) is 0.781. The van der Waals surface area contributed by atoms with Crippen LogP contribution in [0.1, 0.15) is 48.7 Å². The number of aromatic carboxylic acids is 1. The normalized spacial score (nSPS) is 10.5. The van der Waals surface area contributed by atoms with Crippen LogP contribution in [0.5, 0.6) is 0 Å². The van der Waals surface area contributed by atoms with Crippen LogP contribution in [0.4, 0.5) is 0 Å². The van der Waals surface area contributed by atoms with Crippen LogP contribution in [0.2, 0.25) is 0 Å². The lowest BCUT2D eigenvalue weighted by molar-refractivity contribution is 0.0697. The van der Waals surface area contributed by atoms with Crippen molar-refractivity contribution in [1.29, 1.82) is 0 Å². The van der Waals surface area contributed by atoms with Gasteiger partial charge in [-0.15, -0.1) is 0 Å². The fraction of sp³-hybridized carbons (Fsp3) is 0.353. The molecular weight excluding hydrogens is 264 g/mol. The minimum absolute atomic E-state index is 0.277. The average molecular weight is 284 g/mol. The maximum Gasteiger partial charge on any atom is 0.335 e. The number of aryl methyl sites for hydroxylation is 1. The van der Waals surface area contributed by atoms with Gasteiger partial charge in [-0.2, -0.15) is 0 Å². The van der Waals surface area contributed by atoms with Gasteiger partial charge in [-0.25, -0.2) is 4.79 Å². The molecule has 4 heteroatoms. The molecule has 110 valence electrons. The fourth-order valence-electron chi connectivity index (χ4n) is 2.15. The molecule has 4 nitrogen and oxygen atoms in total. The molecule has 0 spiro atoms. The van der Waals surface area contributed by atoms with Crippen LogP contribution < -0.4 is 0 Å². The first-order chi connectivity index (χ1) is 10.2. The lowest BCUT2D eigenvalue weighted by atomic mass is 10.1. The molecule has 0 radical (unpaired) electrons. The molecular formula is C17H20N2O2. The summed E-state index contributed by atoms with van der Waals surface area (Å²) in [5.74, 6) is -0.921. The number of aromatic nitrogens is 2. The van der Waals surface area contributed by atoms with E-state index in [1.807, 2.05) is 6.20 Å². The molecule has 2 rings (SSSR count). The molecule has 21 heavy (non-hydrogen) atoms. The largest absolute Gasteiger partial charge is 0.478 e. The second-order valence-corrected chi connectivity index (χ2v) is 5.09. The van der Waals surface area contributed by atoms with Crippen LogP contribution in [0.3, 0.4) is 0 Å². The van der Waals surface area contributed by atoms with E-state index in [1.54, 1.807) is 30.5 Å². The number of carboxylic acids is 1. The first-order valence-corrected chi connectivity index (χ1v) is 7.35. The minimum Gasteiger partial charge on any atom is -0.478 e. The summed E-state index contributed by atoms with van der Waals surface area (Å²) in [6.45, 7) is 2.20. The number of carbonyl (C=O) groups is 1. The van der Waals surface area contributed by atoms with Crippen molar-refractivity contribution in [3.63, 3.8) is 0 Å². The third-order valence-corrected chi connectivity index (χ3v) is 3.42. The Bertz CT molecular complexity index is 577. The highest BCUT2D eigenvalue weighted by Gasteiger charge is 2.04. The summed E-state index contributed by atoms with van der Waals surface area (Å²) >= 11 is 0. The van der Waals surface area contributed by atoms with Crippen LogP contribution in [0.25, 0.3) is 11.3 Å². The fourth-order valence-corrected chi connectivity index (χ4v) is 2.15. The van der Waals surface area contributed by atoms with Crippen molar-refractivity contribution in [2.24, 2.45) is 0 Å². The van der Waals surface area contributed by atoms with Gasteiger partial charge in [0.15, 0.2) is 0 Å². The van der Waals surface area contributed by atoms with Gasteiger partial charge in [0, 0.05) is 11.8 Å². The Morgan fingerprint density at radius 1 is 1.05 bits per heavy atom. The van der Waals surface area contributed by atoms with Gasteiger partial charge in [0.05, 0.1) is 23.1 Å². The summed E-state index contributed by atoms with van der Waals surface area (Å²) in [4.78, 5) is 19.7. The summed E-state index contributed by atoms with van der Waals surface area (Å²) in [6, 6.07) is 6.68.